The van der Waals surface area contributed by atoms with E-state index >= 15 is 0 Å². The second-order valence-electron chi connectivity index (χ2n) is 22.8. The number of carbonyl (C=O) groups excluding carboxylic acids is 1. The topological polar surface area (TPSA) is 264 Å². The molecule has 3 aliphatic heterocycles. The van der Waals surface area contributed by atoms with E-state index in [9.17, 15) is 50.8 Å². The van der Waals surface area contributed by atoms with Crippen LogP contribution in [0, 0.1) is 45.3 Å². The molecule has 0 radical (unpaired) electrons. The van der Waals surface area contributed by atoms with Gasteiger partial charge >= 0.3 is 5.97 Å². The second kappa shape index (κ2) is 19.7. The number of hydrogen-bond acceptors (Lipinski definition) is 17. The monoisotopic (exact) mass is 943 g/mol. The molecule has 9 N–H and O–H groups in total. The SMILES string of the molecule is CC(=O)OCC1OC(OC2CCC3(C)C(CCC4(C)C3CCC3C(C(O)(CO)CCC=C(C)C)CCC34C)C2(C)C)C(OC2OC(C)C(O)C(O)C2O)C(OC2OCC(O)C(O)C2O)C1O. The number of esters is 1. The Morgan fingerprint density at radius 1 is 0.712 bits per heavy atom. The third-order valence-electron chi connectivity index (χ3n) is 18.6. The predicted molar refractivity (Wildman–Crippen MR) is 236 cm³/mol. The first-order valence-corrected chi connectivity index (χ1v) is 24.6. The van der Waals surface area contributed by atoms with Crippen molar-refractivity contribution in [2.45, 2.75) is 224 Å². The van der Waals surface area contributed by atoms with Crippen molar-refractivity contribution in [1.29, 1.82) is 0 Å². The van der Waals surface area contributed by atoms with Crippen LogP contribution in [-0.2, 0) is 38.0 Å². The number of rotatable bonds is 13. The Morgan fingerprint density at radius 2 is 1.38 bits per heavy atom. The highest BCUT2D eigenvalue weighted by Crippen LogP contribution is 2.76. The van der Waals surface area contributed by atoms with Gasteiger partial charge in [-0.25, -0.2) is 0 Å². The van der Waals surface area contributed by atoms with Gasteiger partial charge in [0.25, 0.3) is 0 Å². The first-order valence-electron chi connectivity index (χ1n) is 24.6. The smallest absolute Gasteiger partial charge is 0.302 e. The Hall–Kier alpha value is -1.39. The number of aliphatic hydroxyl groups excluding tert-OH is 8. The van der Waals surface area contributed by atoms with Crippen molar-refractivity contribution in [3.05, 3.63) is 11.6 Å². The third kappa shape index (κ3) is 9.21. The molecule has 4 saturated carbocycles. The van der Waals surface area contributed by atoms with E-state index in [0.29, 0.717) is 18.8 Å². The maximum Gasteiger partial charge on any atom is 0.302 e. The van der Waals surface area contributed by atoms with Gasteiger partial charge in [0.1, 0.15) is 67.6 Å². The quantitative estimate of drug-likeness (QED) is 0.0728. The second-order valence-corrected chi connectivity index (χ2v) is 22.8. The van der Waals surface area contributed by atoms with Gasteiger partial charge < -0.3 is 79.1 Å². The summed E-state index contributed by atoms with van der Waals surface area (Å²) in [4.78, 5) is 12.1. The molecule has 0 bridgehead atoms. The van der Waals surface area contributed by atoms with E-state index in [4.69, 9.17) is 33.2 Å². The van der Waals surface area contributed by atoms with Crippen LogP contribution in [0.4, 0.5) is 0 Å². The molecule has 17 nitrogen and oxygen atoms in total. The van der Waals surface area contributed by atoms with Gasteiger partial charge in [0.05, 0.1) is 31.0 Å². The third-order valence-corrected chi connectivity index (χ3v) is 18.6. The van der Waals surface area contributed by atoms with Crippen molar-refractivity contribution in [3.63, 3.8) is 0 Å². The van der Waals surface area contributed by atoms with Gasteiger partial charge in [0, 0.05) is 6.92 Å². The number of fused-ring (bicyclic) bond motifs is 5. The van der Waals surface area contributed by atoms with Crippen LogP contribution >= 0.6 is 0 Å². The minimum atomic E-state index is -1.77. The molecular formula is C49H82O17. The molecule has 380 valence electrons. The highest BCUT2D eigenvalue weighted by atomic mass is 16.8. The van der Waals surface area contributed by atoms with Gasteiger partial charge in [-0.2, -0.15) is 0 Å². The fourth-order valence-corrected chi connectivity index (χ4v) is 14.7. The zero-order valence-electron chi connectivity index (χ0n) is 40.5. The summed E-state index contributed by atoms with van der Waals surface area (Å²) in [7, 11) is 0. The van der Waals surface area contributed by atoms with Gasteiger partial charge in [-0.05, 0) is 130 Å². The highest BCUT2D eigenvalue weighted by Gasteiger charge is 2.70. The molecule has 7 rings (SSSR count). The summed E-state index contributed by atoms with van der Waals surface area (Å²) < 4.78 is 42.9. The Balaban J connectivity index is 1.17. The average molecular weight is 943 g/mol. The zero-order valence-corrected chi connectivity index (χ0v) is 40.5. The predicted octanol–water partition coefficient (Wildman–Crippen LogP) is 2.21. The number of ether oxygens (including phenoxy) is 7. The van der Waals surface area contributed by atoms with Crippen molar-refractivity contribution >= 4 is 5.97 Å². The molecular weight excluding hydrogens is 861 g/mol. The summed E-state index contributed by atoms with van der Waals surface area (Å²) >= 11 is 0. The Morgan fingerprint density at radius 3 is 2.05 bits per heavy atom. The minimum absolute atomic E-state index is 0.0164. The summed E-state index contributed by atoms with van der Waals surface area (Å²) in [5.74, 6) is 0.233. The van der Waals surface area contributed by atoms with Crippen LogP contribution in [-0.4, -0.2) is 169 Å². The number of allylic oxidation sites excluding steroid dienone is 2. The maximum atomic E-state index is 12.1. The van der Waals surface area contributed by atoms with Crippen LogP contribution in [0.1, 0.15) is 127 Å². The van der Waals surface area contributed by atoms with Crippen molar-refractivity contribution in [2.24, 2.45) is 45.3 Å². The molecule has 17 heteroatoms. The molecule has 0 amide bonds. The molecule has 0 aromatic heterocycles. The van der Waals surface area contributed by atoms with Crippen LogP contribution in [0.15, 0.2) is 11.6 Å². The van der Waals surface area contributed by atoms with E-state index in [0.717, 1.165) is 51.4 Å². The maximum absolute atomic E-state index is 12.1. The summed E-state index contributed by atoms with van der Waals surface area (Å²) in [5, 5.41) is 98.8. The van der Waals surface area contributed by atoms with Gasteiger partial charge in [-0.15, -0.1) is 0 Å². The molecule has 66 heavy (non-hydrogen) atoms. The molecule has 3 saturated heterocycles. The highest BCUT2D eigenvalue weighted by molar-refractivity contribution is 5.65. The lowest BCUT2D eigenvalue weighted by atomic mass is 9.35. The summed E-state index contributed by atoms with van der Waals surface area (Å²) in [5.41, 5.74) is -0.546. The van der Waals surface area contributed by atoms with Gasteiger partial charge in [0.2, 0.25) is 0 Å². The first-order chi connectivity index (χ1) is 30.8. The molecule has 7 aliphatic rings. The molecule has 0 spiro atoms. The summed E-state index contributed by atoms with van der Waals surface area (Å²) in [6, 6.07) is 0. The lowest BCUT2D eigenvalue weighted by molar-refractivity contribution is -0.395. The molecule has 0 aromatic carbocycles. The van der Waals surface area contributed by atoms with E-state index < -0.39 is 122 Å². The van der Waals surface area contributed by atoms with Crippen molar-refractivity contribution < 1.29 is 83.9 Å². The zero-order chi connectivity index (χ0) is 48.5. The fraction of sp³-hybridized carbons (Fsp3) is 0.939. The minimum Gasteiger partial charge on any atom is -0.463 e. The molecule has 23 atom stereocenters. The standard InChI is InChI=1S/C49H82O17/c1-24(2)11-10-17-49(59,23-50)28-14-19-47(8)27(28)12-13-32-46(7)18-16-33(45(5,6)31(46)15-20-48(32,47)9)64-44-41(66-43-39(58)37(56)34(53)25(3)62-43)40(36(55)30(63-44)22-60-26(4)51)65-42-38(57)35(54)29(52)21-61-42/h11,25,27-44,50,52-59H,10,12-23H2,1-9H3. The van der Waals surface area contributed by atoms with Crippen LogP contribution in [0.2, 0.25) is 0 Å². The molecule has 23 unspecified atom stereocenters. The van der Waals surface area contributed by atoms with E-state index in [1.807, 2.05) is 0 Å². The van der Waals surface area contributed by atoms with Gasteiger partial charge in [-0.3, -0.25) is 4.79 Å². The van der Waals surface area contributed by atoms with Crippen LogP contribution < -0.4 is 0 Å². The lowest BCUT2D eigenvalue weighted by Crippen LogP contribution is -2.68. The van der Waals surface area contributed by atoms with Crippen LogP contribution in [0.3, 0.4) is 0 Å². The van der Waals surface area contributed by atoms with Crippen LogP contribution in [0.25, 0.3) is 0 Å². The van der Waals surface area contributed by atoms with Gasteiger partial charge in [-0.1, -0.05) is 46.3 Å². The normalized spacial score (nSPS) is 50.0. The number of hydrogen-bond donors (Lipinski definition) is 9. The van der Waals surface area contributed by atoms with Crippen molar-refractivity contribution in [3.8, 4) is 0 Å². The molecule has 4 aliphatic carbocycles. The lowest BCUT2D eigenvalue weighted by Gasteiger charge is -2.70. The van der Waals surface area contributed by atoms with E-state index in [1.165, 1.54) is 19.4 Å². The van der Waals surface area contributed by atoms with Crippen molar-refractivity contribution in [1.82, 2.24) is 0 Å². The van der Waals surface area contributed by atoms with E-state index in [1.54, 1.807) is 0 Å². The Kier molecular flexibility index (Phi) is 15.6. The molecule has 0 aromatic rings. The first kappa shape index (κ1) is 52.4. The van der Waals surface area contributed by atoms with Crippen molar-refractivity contribution in [2.75, 3.05) is 19.8 Å². The molecule has 3 heterocycles. The Labute approximate surface area is 390 Å². The number of aliphatic hydroxyl groups is 9. The Bertz CT molecular complexity index is 1710. The molecule has 7 fully saturated rings. The van der Waals surface area contributed by atoms with Crippen LogP contribution in [0.5, 0.6) is 0 Å². The summed E-state index contributed by atoms with van der Waals surface area (Å²) in [6.45, 7) is 17.5. The number of carbonyl (C=O) groups is 1. The van der Waals surface area contributed by atoms with E-state index in [2.05, 4.69) is 54.5 Å². The van der Waals surface area contributed by atoms with Gasteiger partial charge in [0.15, 0.2) is 18.9 Å². The largest absolute Gasteiger partial charge is 0.463 e. The average Bonchev–Trinajstić information content (AvgIpc) is 3.62. The fourth-order valence-electron chi connectivity index (χ4n) is 14.7. The van der Waals surface area contributed by atoms with E-state index in [-0.39, 0.29) is 40.6 Å². The summed E-state index contributed by atoms with van der Waals surface area (Å²) in [6.07, 6.45) is -11.1.